The first-order chi connectivity index (χ1) is 11.5. The lowest BCUT2D eigenvalue weighted by Crippen LogP contribution is -2.52. The van der Waals surface area contributed by atoms with Crippen molar-refractivity contribution in [3.8, 4) is 0 Å². The Balaban J connectivity index is 1.46. The van der Waals surface area contributed by atoms with Gasteiger partial charge in [0.1, 0.15) is 0 Å². The monoisotopic (exact) mass is 346 g/mol. The van der Waals surface area contributed by atoms with Gasteiger partial charge in [-0.1, -0.05) is 12.8 Å². The molecular weight excluding hydrogens is 317 g/mol. The molecule has 6 heteroatoms. The van der Waals surface area contributed by atoms with E-state index in [1.165, 1.54) is 0 Å². The highest BCUT2D eigenvalue weighted by Gasteiger charge is 2.51. The molecule has 0 aromatic heterocycles. The quantitative estimate of drug-likeness (QED) is 0.806. The minimum Gasteiger partial charge on any atom is -0.381 e. The molecule has 0 aromatic carbocycles. The van der Waals surface area contributed by atoms with E-state index in [1.807, 2.05) is 0 Å². The van der Waals surface area contributed by atoms with Crippen LogP contribution in [0.2, 0.25) is 0 Å². The van der Waals surface area contributed by atoms with Crippen molar-refractivity contribution in [3.63, 3.8) is 0 Å². The lowest BCUT2D eigenvalue weighted by atomic mass is 9.66. The van der Waals surface area contributed by atoms with Crippen molar-refractivity contribution in [1.82, 2.24) is 10.6 Å². The summed E-state index contributed by atoms with van der Waals surface area (Å²) in [7, 11) is 0. The van der Waals surface area contributed by atoms with Crippen LogP contribution in [0.4, 0.5) is 13.2 Å². The summed E-state index contributed by atoms with van der Waals surface area (Å²) in [4.78, 5) is 0. The van der Waals surface area contributed by atoms with Crippen molar-refractivity contribution in [2.45, 2.75) is 50.9 Å². The molecule has 0 bridgehead atoms. The van der Waals surface area contributed by atoms with Crippen molar-refractivity contribution < 1.29 is 17.9 Å². The highest BCUT2D eigenvalue weighted by molar-refractivity contribution is 4.99. The van der Waals surface area contributed by atoms with E-state index < -0.39 is 12.1 Å². The third-order valence-corrected chi connectivity index (χ3v) is 7.14. The van der Waals surface area contributed by atoms with Gasteiger partial charge < -0.3 is 15.4 Å². The fraction of sp³-hybridized carbons (Fsp3) is 1.00. The molecule has 7 unspecified atom stereocenters. The van der Waals surface area contributed by atoms with Crippen LogP contribution < -0.4 is 10.6 Å². The van der Waals surface area contributed by atoms with E-state index in [0.717, 1.165) is 58.4 Å². The lowest BCUT2D eigenvalue weighted by molar-refractivity contribution is -0.203. The predicted molar refractivity (Wildman–Crippen MR) is 85.3 cm³/mol. The van der Waals surface area contributed by atoms with E-state index in [0.29, 0.717) is 30.3 Å². The van der Waals surface area contributed by atoms with Crippen LogP contribution in [-0.2, 0) is 4.74 Å². The van der Waals surface area contributed by atoms with Crippen LogP contribution >= 0.6 is 0 Å². The molecule has 4 rings (SSSR count). The third kappa shape index (κ3) is 3.21. The molecule has 3 saturated heterocycles. The summed E-state index contributed by atoms with van der Waals surface area (Å²) in [5, 5.41) is 7.10. The number of hydrogen-bond acceptors (Lipinski definition) is 3. The number of nitrogens with one attached hydrogen (secondary N) is 2. The summed E-state index contributed by atoms with van der Waals surface area (Å²) in [6.45, 7) is 3.39. The van der Waals surface area contributed by atoms with Gasteiger partial charge in [0, 0.05) is 19.8 Å². The van der Waals surface area contributed by atoms with Gasteiger partial charge in [-0.05, 0) is 61.8 Å². The Hall–Kier alpha value is -0.330. The molecule has 4 aliphatic rings. The number of rotatable bonds is 2. The Bertz CT molecular complexity index is 438. The molecular formula is C18H29F3N2O. The molecule has 0 radical (unpaired) electrons. The highest BCUT2D eigenvalue weighted by Crippen LogP contribution is 2.48. The summed E-state index contributed by atoms with van der Waals surface area (Å²) in [6, 6.07) is 0. The number of alkyl halides is 3. The van der Waals surface area contributed by atoms with E-state index >= 15 is 0 Å². The van der Waals surface area contributed by atoms with Crippen LogP contribution in [0.25, 0.3) is 0 Å². The summed E-state index contributed by atoms with van der Waals surface area (Å²) < 4.78 is 46.0. The molecule has 0 amide bonds. The zero-order valence-corrected chi connectivity index (χ0v) is 14.2. The maximum atomic E-state index is 13.5. The smallest absolute Gasteiger partial charge is 0.381 e. The SMILES string of the molecule is FC(F)(F)C1CCCCC1C1CNC2NCC(C3CCOC3)C2C1. The second kappa shape index (κ2) is 6.76. The Morgan fingerprint density at radius 2 is 1.62 bits per heavy atom. The van der Waals surface area contributed by atoms with E-state index in [1.54, 1.807) is 0 Å². The van der Waals surface area contributed by atoms with Crippen LogP contribution in [0.3, 0.4) is 0 Å². The fourth-order valence-electron chi connectivity index (χ4n) is 5.92. The van der Waals surface area contributed by atoms with Crippen LogP contribution in [-0.4, -0.2) is 38.6 Å². The number of fused-ring (bicyclic) bond motifs is 1. The molecule has 24 heavy (non-hydrogen) atoms. The number of piperidine rings is 1. The van der Waals surface area contributed by atoms with Gasteiger partial charge in [0.15, 0.2) is 0 Å². The molecule has 2 N–H and O–H groups in total. The molecule has 3 heterocycles. The minimum absolute atomic E-state index is 0.169. The van der Waals surface area contributed by atoms with Gasteiger partial charge in [0.2, 0.25) is 0 Å². The van der Waals surface area contributed by atoms with Crippen molar-refractivity contribution in [3.05, 3.63) is 0 Å². The van der Waals surface area contributed by atoms with Gasteiger partial charge in [-0.2, -0.15) is 13.2 Å². The molecule has 7 atom stereocenters. The second-order valence-corrected chi connectivity index (χ2v) is 8.34. The van der Waals surface area contributed by atoms with Crippen LogP contribution in [0.1, 0.15) is 38.5 Å². The maximum Gasteiger partial charge on any atom is 0.392 e. The van der Waals surface area contributed by atoms with E-state index in [2.05, 4.69) is 10.6 Å². The van der Waals surface area contributed by atoms with Crippen LogP contribution in [0.5, 0.6) is 0 Å². The largest absolute Gasteiger partial charge is 0.392 e. The molecule has 4 fully saturated rings. The summed E-state index contributed by atoms with van der Waals surface area (Å²) in [5.41, 5.74) is 0. The first-order valence-corrected chi connectivity index (χ1v) is 9.65. The standard InChI is InChI=1S/C18H29F3N2O/c19-18(20,21)16-4-2-1-3-13(16)12-7-14-15(11-5-6-24-10-11)9-23-17(14)22-8-12/h11-17,22-23H,1-10H2. The Morgan fingerprint density at radius 3 is 2.38 bits per heavy atom. The number of ether oxygens (including phenoxy) is 1. The van der Waals surface area contributed by atoms with Gasteiger partial charge in [0.25, 0.3) is 0 Å². The van der Waals surface area contributed by atoms with E-state index in [4.69, 9.17) is 4.74 Å². The molecule has 138 valence electrons. The normalized spacial score (nSPS) is 46.9. The van der Waals surface area contributed by atoms with Gasteiger partial charge >= 0.3 is 6.18 Å². The minimum atomic E-state index is -4.03. The third-order valence-electron chi connectivity index (χ3n) is 7.14. The average Bonchev–Trinajstić information content (AvgIpc) is 3.22. The molecule has 1 saturated carbocycles. The van der Waals surface area contributed by atoms with Crippen molar-refractivity contribution in [2.24, 2.45) is 35.5 Å². The Kier molecular flexibility index (Phi) is 4.82. The number of halogens is 3. The average molecular weight is 346 g/mol. The topological polar surface area (TPSA) is 33.3 Å². The molecule has 0 aromatic rings. The summed E-state index contributed by atoms with van der Waals surface area (Å²) >= 11 is 0. The Labute approximate surface area is 142 Å². The second-order valence-electron chi connectivity index (χ2n) is 8.34. The highest BCUT2D eigenvalue weighted by atomic mass is 19.4. The van der Waals surface area contributed by atoms with Gasteiger partial charge in [-0.25, -0.2) is 0 Å². The first-order valence-electron chi connectivity index (χ1n) is 9.65. The predicted octanol–water partition coefficient (Wildman–Crippen LogP) is 3.16. The Morgan fingerprint density at radius 1 is 0.833 bits per heavy atom. The van der Waals surface area contributed by atoms with Crippen LogP contribution in [0, 0.1) is 35.5 Å². The van der Waals surface area contributed by atoms with Crippen molar-refractivity contribution in [1.29, 1.82) is 0 Å². The van der Waals surface area contributed by atoms with Crippen molar-refractivity contribution in [2.75, 3.05) is 26.3 Å². The summed E-state index contributed by atoms with van der Waals surface area (Å²) in [6.07, 6.45) is 1.08. The number of hydrogen-bond donors (Lipinski definition) is 2. The first kappa shape index (κ1) is 17.1. The molecule has 0 spiro atoms. The van der Waals surface area contributed by atoms with Gasteiger partial charge in [-0.3, -0.25) is 0 Å². The van der Waals surface area contributed by atoms with Crippen molar-refractivity contribution >= 4 is 0 Å². The van der Waals surface area contributed by atoms with Crippen LogP contribution in [0.15, 0.2) is 0 Å². The fourth-order valence-corrected chi connectivity index (χ4v) is 5.92. The lowest BCUT2D eigenvalue weighted by Gasteiger charge is -2.44. The molecule has 1 aliphatic carbocycles. The van der Waals surface area contributed by atoms with E-state index in [9.17, 15) is 13.2 Å². The molecule has 3 nitrogen and oxygen atoms in total. The maximum absolute atomic E-state index is 13.5. The van der Waals surface area contributed by atoms with Gasteiger partial charge in [-0.15, -0.1) is 0 Å². The van der Waals surface area contributed by atoms with Gasteiger partial charge in [0.05, 0.1) is 12.1 Å². The van der Waals surface area contributed by atoms with E-state index in [-0.39, 0.29) is 11.8 Å². The zero-order valence-electron chi connectivity index (χ0n) is 14.2. The summed E-state index contributed by atoms with van der Waals surface area (Å²) in [5.74, 6) is 0.498. The molecule has 3 aliphatic heterocycles. The zero-order chi connectivity index (χ0) is 16.7.